The van der Waals surface area contributed by atoms with Gasteiger partial charge in [-0.05, 0) is 42.5 Å². The minimum atomic E-state index is -4.45. The fraction of sp³-hybridized carbons (Fsp3) is 0.0500. The first kappa shape index (κ1) is 17.0. The van der Waals surface area contributed by atoms with Crippen molar-refractivity contribution < 1.29 is 17.9 Å². The summed E-state index contributed by atoms with van der Waals surface area (Å²) in [5.74, 6) is 0.605. The third kappa shape index (κ3) is 3.57. The lowest BCUT2D eigenvalue weighted by Gasteiger charge is -2.12. The third-order valence-electron chi connectivity index (χ3n) is 3.86. The van der Waals surface area contributed by atoms with Crippen molar-refractivity contribution in [2.24, 2.45) is 0 Å². The molecule has 0 atom stereocenters. The number of rotatable bonds is 3. The number of nitrogens with zero attached hydrogens (tertiary/aromatic N) is 3. The Bertz CT molecular complexity index is 1100. The number of ether oxygens (including phenoxy) is 1. The van der Waals surface area contributed by atoms with Crippen molar-refractivity contribution in [2.75, 3.05) is 0 Å². The smallest absolute Gasteiger partial charge is 0.416 e. The molecule has 134 valence electrons. The first-order chi connectivity index (χ1) is 13.0. The quantitative estimate of drug-likeness (QED) is 0.479. The van der Waals surface area contributed by atoms with Crippen LogP contribution in [0.5, 0.6) is 11.6 Å². The fourth-order valence-corrected chi connectivity index (χ4v) is 2.60. The normalized spacial score (nSPS) is 11.5. The van der Waals surface area contributed by atoms with Gasteiger partial charge in [0.25, 0.3) is 0 Å². The number of pyridine rings is 1. The van der Waals surface area contributed by atoms with Gasteiger partial charge >= 0.3 is 6.18 Å². The van der Waals surface area contributed by atoms with Crippen LogP contribution in [-0.4, -0.2) is 15.0 Å². The van der Waals surface area contributed by atoms with E-state index in [1.807, 2.05) is 6.07 Å². The minimum absolute atomic E-state index is 0.0471. The number of hydrogen-bond acceptors (Lipinski definition) is 4. The molecule has 0 aliphatic heterocycles. The number of hydrogen-bond donors (Lipinski definition) is 0. The van der Waals surface area contributed by atoms with E-state index in [2.05, 4.69) is 15.0 Å². The van der Waals surface area contributed by atoms with Crippen LogP contribution in [0, 0.1) is 0 Å². The Kier molecular flexibility index (Phi) is 4.19. The van der Waals surface area contributed by atoms with Crippen LogP contribution >= 0.6 is 0 Å². The van der Waals surface area contributed by atoms with Crippen molar-refractivity contribution in [2.45, 2.75) is 6.18 Å². The molecule has 7 heteroatoms. The molecule has 0 aliphatic rings. The van der Waals surface area contributed by atoms with Gasteiger partial charge in [0.2, 0.25) is 5.88 Å². The molecule has 4 aromatic rings. The van der Waals surface area contributed by atoms with Gasteiger partial charge in [0, 0.05) is 18.0 Å². The highest BCUT2D eigenvalue weighted by Crippen LogP contribution is 2.34. The summed E-state index contributed by atoms with van der Waals surface area (Å²) < 4.78 is 44.6. The van der Waals surface area contributed by atoms with E-state index in [0.29, 0.717) is 22.3 Å². The largest absolute Gasteiger partial charge is 0.438 e. The van der Waals surface area contributed by atoms with E-state index < -0.39 is 11.7 Å². The summed E-state index contributed by atoms with van der Waals surface area (Å²) in [5, 5.41) is 0.600. The lowest BCUT2D eigenvalue weighted by molar-refractivity contribution is -0.137. The van der Waals surface area contributed by atoms with Crippen LogP contribution in [0.4, 0.5) is 13.2 Å². The highest BCUT2D eigenvalue weighted by atomic mass is 19.4. The van der Waals surface area contributed by atoms with E-state index in [0.717, 1.165) is 12.1 Å². The van der Waals surface area contributed by atoms with Crippen molar-refractivity contribution in [3.8, 4) is 23.0 Å². The summed E-state index contributed by atoms with van der Waals surface area (Å²) >= 11 is 0. The summed E-state index contributed by atoms with van der Waals surface area (Å²) in [6, 6.07) is 15.4. The molecule has 0 spiro atoms. The Labute approximate surface area is 152 Å². The molecule has 0 saturated carbocycles. The van der Waals surface area contributed by atoms with E-state index in [-0.39, 0.29) is 11.6 Å². The van der Waals surface area contributed by atoms with Crippen LogP contribution in [0.1, 0.15) is 5.56 Å². The molecule has 27 heavy (non-hydrogen) atoms. The molecule has 4 nitrogen and oxygen atoms in total. The molecule has 2 heterocycles. The van der Waals surface area contributed by atoms with Crippen LogP contribution in [0.2, 0.25) is 0 Å². The molecular formula is C20H12F3N3O. The van der Waals surface area contributed by atoms with Gasteiger partial charge in [0.15, 0.2) is 5.82 Å². The van der Waals surface area contributed by atoms with Crippen LogP contribution < -0.4 is 4.74 Å². The van der Waals surface area contributed by atoms with Gasteiger partial charge in [-0.15, -0.1) is 0 Å². The zero-order valence-electron chi connectivity index (χ0n) is 13.8. The van der Waals surface area contributed by atoms with Gasteiger partial charge in [-0.1, -0.05) is 18.2 Å². The van der Waals surface area contributed by atoms with E-state index in [4.69, 9.17) is 4.74 Å². The molecule has 0 N–H and O–H groups in total. The van der Waals surface area contributed by atoms with Gasteiger partial charge in [-0.3, -0.25) is 4.98 Å². The second-order valence-electron chi connectivity index (χ2n) is 5.74. The number of alkyl halides is 3. The molecule has 4 rings (SSSR count). The third-order valence-corrected chi connectivity index (χ3v) is 3.86. The summed E-state index contributed by atoms with van der Waals surface area (Å²) in [6.45, 7) is 0. The van der Waals surface area contributed by atoms with Gasteiger partial charge < -0.3 is 4.74 Å². The van der Waals surface area contributed by atoms with Crippen LogP contribution in [-0.2, 0) is 6.18 Å². The maximum Gasteiger partial charge on any atom is 0.416 e. The van der Waals surface area contributed by atoms with Crippen molar-refractivity contribution in [3.63, 3.8) is 0 Å². The van der Waals surface area contributed by atoms with Crippen LogP contribution in [0.25, 0.3) is 22.3 Å². The van der Waals surface area contributed by atoms with Crippen LogP contribution in [0.15, 0.2) is 73.1 Å². The van der Waals surface area contributed by atoms with Crippen molar-refractivity contribution in [1.29, 1.82) is 0 Å². The average Bonchev–Trinajstić information content (AvgIpc) is 2.68. The van der Waals surface area contributed by atoms with Crippen molar-refractivity contribution >= 4 is 10.9 Å². The number of halogens is 3. The molecule has 2 aromatic heterocycles. The van der Waals surface area contributed by atoms with Gasteiger partial charge in [-0.2, -0.15) is 18.2 Å². The second kappa shape index (κ2) is 6.68. The SMILES string of the molecule is FC(F)(F)c1cccc(Oc2nc(-c3cccnc3)nc3ccccc23)c1. The van der Waals surface area contributed by atoms with Gasteiger partial charge in [-0.25, -0.2) is 4.98 Å². The molecule has 0 fully saturated rings. The molecule has 0 bridgehead atoms. The molecular weight excluding hydrogens is 355 g/mol. The highest BCUT2D eigenvalue weighted by molar-refractivity contribution is 5.85. The Balaban J connectivity index is 1.81. The highest BCUT2D eigenvalue weighted by Gasteiger charge is 2.30. The zero-order valence-corrected chi connectivity index (χ0v) is 13.8. The van der Waals surface area contributed by atoms with Gasteiger partial charge in [0.05, 0.1) is 16.5 Å². The lowest BCUT2D eigenvalue weighted by atomic mass is 10.2. The number of benzene rings is 2. The predicted molar refractivity (Wildman–Crippen MR) is 94.3 cm³/mol. The molecule has 2 aromatic carbocycles. The Morgan fingerprint density at radius 3 is 2.48 bits per heavy atom. The van der Waals surface area contributed by atoms with Crippen molar-refractivity contribution in [3.05, 3.63) is 78.6 Å². The van der Waals surface area contributed by atoms with Crippen molar-refractivity contribution in [1.82, 2.24) is 15.0 Å². The molecule has 0 amide bonds. The van der Waals surface area contributed by atoms with E-state index in [1.165, 1.54) is 12.1 Å². The topological polar surface area (TPSA) is 47.9 Å². The molecule has 0 radical (unpaired) electrons. The Morgan fingerprint density at radius 2 is 1.70 bits per heavy atom. The first-order valence-electron chi connectivity index (χ1n) is 8.03. The summed E-state index contributed by atoms with van der Waals surface area (Å²) in [7, 11) is 0. The summed E-state index contributed by atoms with van der Waals surface area (Å²) in [6.07, 6.45) is -1.21. The average molecular weight is 367 g/mol. The van der Waals surface area contributed by atoms with E-state index >= 15 is 0 Å². The minimum Gasteiger partial charge on any atom is -0.438 e. The Hall–Kier alpha value is -3.48. The maximum absolute atomic E-state index is 13.0. The summed E-state index contributed by atoms with van der Waals surface area (Å²) in [5.41, 5.74) is 0.510. The number of para-hydroxylation sites is 1. The number of aromatic nitrogens is 3. The Morgan fingerprint density at radius 1 is 0.852 bits per heavy atom. The van der Waals surface area contributed by atoms with Crippen LogP contribution in [0.3, 0.4) is 0 Å². The van der Waals surface area contributed by atoms with E-state index in [9.17, 15) is 13.2 Å². The predicted octanol–water partition coefficient (Wildman–Crippen LogP) is 5.50. The second-order valence-corrected chi connectivity index (χ2v) is 5.74. The lowest BCUT2D eigenvalue weighted by Crippen LogP contribution is -2.04. The monoisotopic (exact) mass is 367 g/mol. The molecule has 0 saturated heterocycles. The van der Waals surface area contributed by atoms with E-state index in [1.54, 1.807) is 42.7 Å². The maximum atomic E-state index is 13.0. The molecule has 0 aliphatic carbocycles. The standard InChI is InChI=1S/C20H12F3N3O/c21-20(22,23)14-6-3-7-15(11-14)27-19-16-8-1-2-9-17(16)25-18(26-19)13-5-4-10-24-12-13/h1-12H. The first-order valence-corrected chi connectivity index (χ1v) is 8.03. The van der Waals surface area contributed by atoms with Gasteiger partial charge in [0.1, 0.15) is 5.75 Å². The fourth-order valence-electron chi connectivity index (χ4n) is 2.60. The summed E-state index contributed by atoms with van der Waals surface area (Å²) in [4.78, 5) is 12.9. The molecule has 0 unspecified atom stereocenters. The number of fused-ring (bicyclic) bond motifs is 1. The zero-order chi connectivity index (χ0) is 18.9.